The number of primary amides is 1. The summed E-state index contributed by atoms with van der Waals surface area (Å²) in [6.45, 7) is 3.67. The summed E-state index contributed by atoms with van der Waals surface area (Å²) in [6.07, 6.45) is -0.701. The highest BCUT2D eigenvalue weighted by Crippen LogP contribution is 2.26. The van der Waals surface area contributed by atoms with E-state index < -0.39 is 12.2 Å². The minimum Gasteiger partial charge on any atom is -0.442 e. The number of nitrogens with one attached hydrogen (secondary N) is 1. The fourth-order valence-corrected chi connectivity index (χ4v) is 1.26. The molecule has 1 saturated carbocycles. The molecule has 2 atom stereocenters. The summed E-state index contributed by atoms with van der Waals surface area (Å²) in [5.41, 5.74) is 4.86. The molecule has 1 aliphatic carbocycles. The van der Waals surface area contributed by atoms with Gasteiger partial charge in [0.25, 0.3) is 0 Å². The lowest BCUT2D eigenvalue weighted by Crippen LogP contribution is -2.47. The Hall–Kier alpha value is -1.46. The standard InChI is InChI=1S/C9H16N2O4/c1-5(2)11-9(13)15-7-4-3-6(7)14-8(10)12/h5-7H,3-4H2,1-2H3,(H2,10,12)(H,11,13). The second kappa shape index (κ2) is 4.86. The van der Waals surface area contributed by atoms with Gasteiger partial charge in [0.1, 0.15) is 12.2 Å². The normalized spacial score (nSPS) is 24.2. The van der Waals surface area contributed by atoms with E-state index in [1.807, 2.05) is 13.8 Å². The van der Waals surface area contributed by atoms with Gasteiger partial charge in [-0.1, -0.05) is 0 Å². The van der Waals surface area contributed by atoms with Gasteiger partial charge in [0.05, 0.1) is 0 Å². The molecule has 0 aromatic heterocycles. The highest BCUT2D eigenvalue weighted by molar-refractivity contribution is 5.68. The number of rotatable bonds is 3. The maximum atomic E-state index is 11.2. The minimum atomic E-state index is -0.836. The van der Waals surface area contributed by atoms with Gasteiger partial charge in [-0.25, -0.2) is 9.59 Å². The molecule has 2 unspecified atom stereocenters. The topological polar surface area (TPSA) is 90.7 Å². The van der Waals surface area contributed by atoms with Gasteiger partial charge in [0.15, 0.2) is 0 Å². The first-order valence-electron chi connectivity index (χ1n) is 4.92. The van der Waals surface area contributed by atoms with Crippen molar-refractivity contribution < 1.29 is 19.1 Å². The molecular formula is C9H16N2O4. The zero-order chi connectivity index (χ0) is 11.4. The molecule has 0 spiro atoms. The molecule has 6 nitrogen and oxygen atoms in total. The predicted octanol–water partition coefficient (Wildman–Crippen LogP) is 0.747. The van der Waals surface area contributed by atoms with Crippen LogP contribution in [0.1, 0.15) is 26.7 Å². The zero-order valence-electron chi connectivity index (χ0n) is 8.86. The van der Waals surface area contributed by atoms with Crippen molar-refractivity contribution in [2.45, 2.75) is 44.9 Å². The second-order valence-electron chi connectivity index (χ2n) is 3.80. The van der Waals surface area contributed by atoms with Crippen molar-refractivity contribution in [3.8, 4) is 0 Å². The Balaban J connectivity index is 2.27. The second-order valence-corrected chi connectivity index (χ2v) is 3.80. The SMILES string of the molecule is CC(C)NC(=O)OC1CCC1OC(N)=O. The van der Waals surface area contributed by atoms with Crippen LogP contribution in [0.2, 0.25) is 0 Å². The lowest BCUT2D eigenvalue weighted by Gasteiger charge is -2.34. The number of ether oxygens (including phenoxy) is 2. The number of alkyl carbamates (subject to hydrolysis) is 1. The van der Waals surface area contributed by atoms with E-state index in [9.17, 15) is 9.59 Å². The van der Waals surface area contributed by atoms with E-state index in [-0.39, 0.29) is 18.2 Å². The summed E-state index contributed by atoms with van der Waals surface area (Å²) in [5.74, 6) is 0. The van der Waals surface area contributed by atoms with E-state index in [1.165, 1.54) is 0 Å². The fourth-order valence-electron chi connectivity index (χ4n) is 1.26. The maximum absolute atomic E-state index is 11.2. The quantitative estimate of drug-likeness (QED) is 0.728. The lowest BCUT2D eigenvalue weighted by molar-refractivity contribution is -0.0648. The van der Waals surface area contributed by atoms with Crippen LogP contribution in [0.4, 0.5) is 9.59 Å². The van der Waals surface area contributed by atoms with E-state index in [4.69, 9.17) is 15.2 Å². The van der Waals surface area contributed by atoms with Crippen LogP contribution in [0.5, 0.6) is 0 Å². The minimum absolute atomic E-state index is 0.0214. The Morgan fingerprint density at radius 3 is 2.20 bits per heavy atom. The average molecular weight is 216 g/mol. The molecule has 0 aliphatic heterocycles. The third-order valence-corrected chi connectivity index (χ3v) is 2.08. The summed E-state index contributed by atoms with van der Waals surface area (Å²) in [4.78, 5) is 21.6. The molecule has 0 aromatic carbocycles. The fraction of sp³-hybridized carbons (Fsp3) is 0.778. The molecule has 0 bridgehead atoms. The van der Waals surface area contributed by atoms with Crippen molar-refractivity contribution in [2.75, 3.05) is 0 Å². The monoisotopic (exact) mass is 216 g/mol. The number of amides is 2. The summed E-state index contributed by atoms with van der Waals surface area (Å²) in [6, 6.07) is 0.0214. The first-order chi connectivity index (χ1) is 6.99. The molecule has 1 aliphatic rings. The molecule has 0 aromatic rings. The molecule has 0 heterocycles. The predicted molar refractivity (Wildman–Crippen MR) is 52.2 cm³/mol. The van der Waals surface area contributed by atoms with Gasteiger partial charge in [-0.2, -0.15) is 0 Å². The highest BCUT2D eigenvalue weighted by atomic mass is 16.6. The summed E-state index contributed by atoms with van der Waals surface area (Å²) < 4.78 is 9.77. The Morgan fingerprint density at radius 2 is 1.80 bits per heavy atom. The molecule has 15 heavy (non-hydrogen) atoms. The summed E-state index contributed by atoms with van der Waals surface area (Å²) in [5, 5.41) is 2.58. The van der Waals surface area contributed by atoms with Crippen molar-refractivity contribution in [1.29, 1.82) is 0 Å². The van der Waals surface area contributed by atoms with Gasteiger partial charge >= 0.3 is 12.2 Å². The number of hydrogen-bond donors (Lipinski definition) is 2. The van der Waals surface area contributed by atoms with Crippen LogP contribution in [0.25, 0.3) is 0 Å². The third-order valence-electron chi connectivity index (χ3n) is 2.08. The lowest BCUT2D eigenvalue weighted by atomic mass is 9.92. The van der Waals surface area contributed by atoms with Crippen LogP contribution < -0.4 is 11.1 Å². The van der Waals surface area contributed by atoms with E-state index in [0.717, 1.165) is 0 Å². The van der Waals surface area contributed by atoms with Crippen molar-refractivity contribution in [3.63, 3.8) is 0 Å². The summed E-state index contributed by atoms with van der Waals surface area (Å²) in [7, 11) is 0. The van der Waals surface area contributed by atoms with Crippen LogP contribution in [0, 0.1) is 0 Å². The first kappa shape index (κ1) is 11.6. The molecule has 2 amide bonds. The molecule has 1 rings (SSSR count). The average Bonchev–Trinajstić information content (AvgIpc) is 2.07. The Bertz CT molecular complexity index is 254. The van der Waals surface area contributed by atoms with E-state index >= 15 is 0 Å². The van der Waals surface area contributed by atoms with Crippen molar-refractivity contribution in [3.05, 3.63) is 0 Å². The van der Waals surface area contributed by atoms with Gasteiger partial charge in [-0.15, -0.1) is 0 Å². The molecule has 86 valence electrons. The van der Waals surface area contributed by atoms with Gasteiger partial charge in [0.2, 0.25) is 0 Å². The third kappa shape index (κ3) is 3.65. The van der Waals surface area contributed by atoms with Gasteiger partial charge in [-0.05, 0) is 26.7 Å². The largest absolute Gasteiger partial charge is 0.442 e. The zero-order valence-corrected chi connectivity index (χ0v) is 8.86. The smallest absolute Gasteiger partial charge is 0.407 e. The van der Waals surface area contributed by atoms with E-state index in [2.05, 4.69) is 5.32 Å². The number of nitrogens with two attached hydrogens (primary N) is 1. The number of carbonyl (C=O) groups excluding carboxylic acids is 2. The van der Waals surface area contributed by atoms with Crippen molar-refractivity contribution in [1.82, 2.24) is 5.32 Å². The van der Waals surface area contributed by atoms with Crippen LogP contribution in [-0.4, -0.2) is 30.4 Å². The van der Waals surface area contributed by atoms with Crippen molar-refractivity contribution >= 4 is 12.2 Å². The molecular weight excluding hydrogens is 200 g/mol. The van der Waals surface area contributed by atoms with Gasteiger partial charge in [0, 0.05) is 6.04 Å². The molecule has 0 radical (unpaired) electrons. The van der Waals surface area contributed by atoms with Crippen molar-refractivity contribution in [2.24, 2.45) is 5.73 Å². The van der Waals surface area contributed by atoms with Crippen LogP contribution in [0.15, 0.2) is 0 Å². The van der Waals surface area contributed by atoms with Crippen LogP contribution >= 0.6 is 0 Å². The van der Waals surface area contributed by atoms with Gasteiger partial charge in [-0.3, -0.25) is 0 Å². The molecule has 1 fully saturated rings. The van der Waals surface area contributed by atoms with Gasteiger partial charge < -0.3 is 20.5 Å². The van der Waals surface area contributed by atoms with Crippen LogP contribution in [-0.2, 0) is 9.47 Å². The van der Waals surface area contributed by atoms with Crippen LogP contribution in [0.3, 0.4) is 0 Å². The molecule has 0 saturated heterocycles. The number of carbonyl (C=O) groups is 2. The Labute approximate surface area is 88.1 Å². The van der Waals surface area contributed by atoms with E-state index in [0.29, 0.717) is 12.8 Å². The Kier molecular flexibility index (Phi) is 3.76. The highest BCUT2D eigenvalue weighted by Gasteiger charge is 2.37. The molecule has 3 N–H and O–H groups in total. The summed E-state index contributed by atoms with van der Waals surface area (Å²) >= 11 is 0. The van der Waals surface area contributed by atoms with E-state index in [1.54, 1.807) is 0 Å². The Morgan fingerprint density at radius 1 is 1.27 bits per heavy atom. The first-order valence-corrected chi connectivity index (χ1v) is 4.92. The maximum Gasteiger partial charge on any atom is 0.407 e. The molecule has 6 heteroatoms. The number of hydrogen-bond acceptors (Lipinski definition) is 4.